The van der Waals surface area contributed by atoms with Gasteiger partial charge in [-0.1, -0.05) is 54.4 Å². The highest BCUT2D eigenvalue weighted by Gasteiger charge is 2.16. The molecule has 0 spiro atoms. The number of pyridine rings is 1. The molecule has 0 bridgehead atoms. The Morgan fingerprint density at radius 2 is 1.85 bits per heavy atom. The van der Waals surface area contributed by atoms with Crippen molar-refractivity contribution in [1.82, 2.24) is 9.88 Å². The number of rotatable bonds is 6. The van der Waals surface area contributed by atoms with Crippen LogP contribution in [0.5, 0.6) is 0 Å². The van der Waals surface area contributed by atoms with Crippen LogP contribution in [0.2, 0.25) is 5.02 Å². The lowest BCUT2D eigenvalue weighted by Gasteiger charge is -2.26. The Morgan fingerprint density at radius 1 is 1.09 bits per heavy atom. The molecule has 6 nitrogen and oxygen atoms in total. The minimum Gasteiger partial charge on any atom is -0.383 e. The monoisotopic (exact) mass is 459 g/mol. The maximum absolute atomic E-state index is 12.6. The molecule has 1 saturated heterocycles. The number of likely N-dealkylation sites (tertiary alicyclic amines) is 1. The van der Waals surface area contributed by atoms with Crippen molar-refractivity contribution in [3.8, 4) is 28.5 Å². The Kier molecular flexibility index (Phi) is 7.23. The third-order valence-electron chi connectivity index (χ3n) is 5.88. The Balaban J connectivity index is 1.59. The molecule has 7 heteroatoms. The molecule has 2 aromatic carbocycles. The molecule has 0 atom stereocenters. The number of halogens is 1. The predicted octanol–water partition coefficient (Wildman–Crippen LogP) is 5.34. The number of piperidine rings is 1. The number of carbonyl (C=O) groups is 1. The molecule has 0 unspecified atom stereocenters. The van der Waals surface area contributed by atoms with Crippen LogP contribution >= 0.6 is 11.6 Å². The van der Waals surface area contributed by atoms with Crippen LogP contribution in [0, 0.1) is 11.3 Å². The van der Waals surface area contributed by atoms with E-state index in [2.05, 4.69) is 21.3 Å². The number of carbonyl (C=O) groups excluding carboxylic acids is 1. The van der Waals surface area contributed by atoms with Gasteiger partial charge < -0.3 is 16.0 Å². The van der Waals surface area contributed by atoms with Gasteiger partial charge in [0.2, 0.25) is 5.91 Å². The minimum atomic E-state index is -0.0839. The van der Waals surface area contributed by atoms with Crippen LogP contribution in [0.3, 0.4) is 0 Å². The lowest BCUT2D eigenvalue weighted by atomic mass is 9.98. The highest BCUT2D eigenvalue weighted by Crippen LogP contribution is 2.34. The molecule has 1 aliphatic heterocycles. The van der Waals surface area contributed by atoms with Gasteiger partial charge in [0.25, 0.3) is 0 Å². The highest BCUT2D eigenvalue weighted by molar-refractivity contribution is 6.33. The molecule has 3 N–H and O–H groups in total. The van der Waals surface area contributed by atoms with Gasteiger partial charge in [-0.3, -0.25) is 4.79 Å². The minimum absolute atomic E-state index is 0.0839. The van der Waals surface area contributed by atoms with Crippen molar-refractivity contribution in [2.75, 3.05) is 30.7 Å². The van der Waals surface area contributed by atoms with E-state index >= 15 is 0 Å². The average molecular weight is 460 g/mol. The Morgan fingerprint density at radius 3 is 2.58 bits per heavy atom. The van der Waals surface area contributed by atoms with Crippen molar-refractivity contribution in [1.29, 1.82) is 5.26 Å². The SMILES string of the molecule is N#Cc1c(-c2ccc(Cl)c(NC(=O)CCN3CCCCC3)c2)cc(-c2ccccc2)nc1N. The second-order valence-corrected chi connectivity index (χ2v) is 8.60. The number of benzene rings is 2. The first-order valence-corrected chi connectivity index (χ1v) is 11.5. The van der Waals surface area contributed by atoms with Gasteiger partial charge in [-0.2, -0.15) is 5.26 Å². The number of hydrogen-bond acceptors (Lipinski definition) is 5. The Bertz CT molecular complexity index is 1180. The number of hydrogen-bond donors (Lipinski definition) is 2. The lowest BCUT2D eigenvalue weighted by molar-refractivity contribution is -0.116. The second-order valence-electron chi connectivity index (χ2n) is 8.19. The number of nitrogen functional groups attached to an aromatic ring is 1. The van der Waals surface area contributed by atoms with Gasteiger partial charge in [-0.05, 0) is 49.7 Å². The highest BCUT2D eigenvalue weighted by atomic mass is 35.5. The summed E-state index contributed by atoms with van der Waals surface area (Å²) in [5.41, 5.74) is 9.88. The quantitative estimate of drug-likeness (QED) is 0.519. The fourth-order valence-electron chi connectivity index (χ4n) is 4.11. The van der Waals surface area contributed by atoms with Crippen molar-refractivity contribution in [2.24, 2.45) is 0 Å². The zero-order valence-corrected chi connectivity index (χ0v) is 19.1. The first-order chi connectivity index (χ1) is 16.0. The van der Waals surface area contributed by atoms with Gasteiger partial charge in [0.15, 0.2) is 0 Å². The van der Waals surface area contributed by atoms with Gasteiger partial charge in [-0.25, -0.2) is 4.98 Å². The van der Waals surface area contributed by atoms with E-state index in [4.69, 9.17) is 17.3 Å². The largest absolute Gasteiger partial charge is 0.383 e. The Hall–Kier alpha value is -3.40. The number of anilines is 2. The molecule has 0 saturated carbocycles. The van der Waals surface area contributed by atoms with Crippen LogP contribution in [-0.4, -0.2) is 35.4 Å². The van der Waals surface area contributed by atoms with E-state index in [0.29, 0.717) is 34.0 Å². The number of nitrogens with two attached hydrogens (primary N) is 1. The molecule has 33 heavy (non-hydrogen) atoms. The molecule has 1 fully saturated rings. The van der Waals surface area contributed by atoms with Gasteiger partial charge in [0, 0.05) is 24.1 Å². The van der Waals surface area contributed by atoms with Crippen LogP contribution in [0.25, 0.3) is 22.4 Å². The van der Waals surface area contributed by atoms with E-state index < -0.39 is 0 Å². The zero-order valence-electron chi connectivity index (χ0n) is 18.4. The summed E-state index contributed by atoms with van der Waals surface area (Å²) in [7, 11) is 0. The van der Waals surface area contributed by atoms with Crippen LogP contribution in [-0.2, 0) is 4.79 Å². The summed E-state index contributed by atoms with van der Waals surface area (Å²) < 4.78 is 0. The first-order valence-electron chi connectivity index (χ1n) is 11.1. The standard InChI is InChI=1S/C26H26ClN5O/c27-22-10-9-19(15-24(22)30-25(33)11-14-32-12-5-2-6-13-32)20-16-23(18-7-3-1-4-8-18)31-26(29)21(20)17-28/h1,3-4,7-10,15-16H,2,5-6,11-14H2,(H2,29,31)(H,30,33). The molecule has 1 aromatic heterocycles. The van der Waals surface area contributed by atoms with Crippen molar-refractivity contribution in [3.63, 3.8) is 0 Å². The predicted molar refractivity (Wildman–Crippen MR) is 133 cm³/mol. The zero-order chi connectivity index (χ0) is 23.2. The number of nitrogens with zero attached hydrogens (tertiary/aromatic N) is 3. The smallest absolute Gasteiger partial charge is 0.225 e. The number of amides is 1. The topological polar surface area (TPSA) is 95.0 Å². The van der Waals surface area contributed by atoms with Crippen molar-refractivity contribution in [3.05, 3.63) is 65.2 Å². The van der Waals surface area contributed by atoms with E-state index in [9.17, 15) is 10.1 Å². The summed E-state index contributed by atoms with van der Waals surface area (Å²) >= 11 is 6.38. The molecular weight excluding hydrogens is 434 g/mol. The van der Waals surface area contributed by atoms with Gasteiger partial charge in [0.1, 0.15) is 17.5 Å². The van der Waals surface area contributed by atoms with Crippen LogP contribution in [0.15, 0.2) is 54.6 Å². The molecule has 1 amide bonds. The van der Waals surface area contributed by atoms with Crippen LogP contribution in [0.4, 0.5) is 11.5 Å². The maximum atomic E-state index is 12.6. The number of aromatic nitrogens is 1. The van der Waals surface area contributed by atoms with Gasteiger partial charge in [-0.15, -0.1) is 0 Å². The number of nitrogens with one attached hydrogen (secondary N) is 1. The average Bonchev–Trinajstić information content (AvgIpc) is 2.85. The summed E-state index contributed by atoms with van der Waals surface area (Å²) in [4.78, 5) is 19.3. The van der Waals surface area contributed by atoms with Crippen molar-refractivity contribution in [2.45, 2.75) is 25.7 Å². The van der Waals surface area contributed by atoms with E-state index in [1.54, 1.807) is 12.1 Å². The van der Waals surface area contributed by atoms with Crippen LogP contribution < -0.4 is 11.1 Å². The maximum Gasteiger partial charge on any atom is 0.225 e. The van der Waals surface area contributed by atoms with E-state index in [1.807, 2.05) is 42.5 Å². The lowest BCUT2D eigenvalue weighted by Crippen LogP contribution is -2.32. The van der Waals surface area contributed by atoms with Crippen molar-refractivity contribution >= 4 is 29.0 Å². The molecule has 4 rings (SSSR count). The summed E-state index contributed by atoms with van der Waals surface area (Å²) in [6, 6.07) is 19.0. The molecule has 0 aliphatic carbocycles. The molecule has 168 valence electrons. The fraction of sp³-hybridized carbons (Fsp3) is 0.269. The van der Waals surface area contributed by atoms with E-state index in [1.165, 1.54) is 19.3 Å². The molecule has 2 heterocycles. The number of nitriles is 1. The Labute approximate surface area is 199 Å². The van der Waals surface area contributed by atoms with E-state index in [-0.39, 0.29) is 11.7 Å². The van der Waals surface area contributed by atoms with Crippen LogP contribution in [0.1, 0.15) is 31.2 Å². The first kappa shape index (κ1) is 22.8. The molecular formula is C26H26ClN5O. The second kappa shape index (κ2) is 10.5. The fourth-order valence-corrected chi connectivity index (χ4v) is 4.28. The summed E-state index contributed by atoms with van der Waals surface area (Å²) in [5, 5.41) is 13.1. The van der Waals surface area contributed by atoms with Crippen molar-refractivity contribution < 1.29 is 4.79 Å². The third kappa shape index (κ3) is 5.51. The summed E-state index contributed by atoms with van der Waals surface area (Å²) in [6.45, 7) is 2.84. The normalized spacial score (nSPS) is 13.9. The van der Waals surface area contributed by atoms with Gasteiger partial charge >= 0.3 is 0 Å². The molecule has 0 radical (unpaired) electrons. The third-order valence-corrected chi connectivity index (χ3v) is 6.21. The molecule has 1 aliphatic rings. The van der Waals surface area contributed by atoms with E-state index in [0.717, 1.165) is 30.8 Å². The van der Waals surface area contributed by atoms with Gasteiger partial charge in [0.05, 0.1) is 16.4 Å². The summed E-state index contributed by atoms with van der Waals surface area (Å²) in [5.74, 6) is 0.0790. The summed E-state index contributed by atoms with van der Waals surface area (Å²) in [6.07, 6.45) is 4.05. The molecule has 3 aromatic rings.